The van der Waals surface area contributed by atoms with Crippen molar-refractivity contribution in [3.63, 3.8) is 0 Å². The Morgan fingerprint density at radius 2 is 1.50 bits per heavy atom. The Balaban J connectivity index is 4.28. The predicted molar refractivity (Wildman–Crippen MR) is 71.2 cm³/mol. The van der Waals surface area contributed by atoms with Gasteiger partial charge in [0.15, 0.2) is 0 Å². The van der Waals surface area contributed by atoms with Crippen molar-refractivity contribution in [2.75, 3.05) is 19.7 Å². The molecule has 18 heavy (non-hydrogen) atoms. The molecule has 0 heterocycles. The molecule has 0 rings (SSSR count). The monoisotopic (exact) mass is 255 g/mol. The molecule has 0 aromatic rings. The van der Waals surface area contributed by atoms with Gasteiger partial charge in [-0.3, -0.25) is 9.59 Å². The average molecular weight is 255 g/mol. The molecule has 0 fully saturated rings. The number of carbonyl (C=O) groups is 3. The van der Waals surface area contributed by atoms with Crippen molar-refractivity contribution in [2.24, 2.45) is 0 Å². The van der Waals surface area contributed by atoms with Gasteiger partial charge in [-0.25, -0.2) is 4.79 Å². The quantitative estimate of drug-likeness (QED) is 0.494. The first-order valence-electron chi connectivity index (χ1n) is 5.88. The minimum atomic E-state index is -0.509. The van der Waals surface area contributed by atoms with Crippen molar-refractivity contribution in [3.05, 3.63) is 0 Å². The zero-order valence-electron chi connectivity index (χ0n) is 11.1. The van der Waals surface area contributed by atoms with E-state index in [1.54, 1.807) is 6.92 Å². The van der Waals surface area contributed by atoms with Crippen LogP contribution in [-0.4, -0.2) is 58.5 Å². The third-order valence-electron chi connectivity index (χ3n) is 2.30. The van der Waals surface area contributed by atoms with E-state index >= 15 is 0 Å². The molecule has 0 aliphatic carbocycles. The van der Waals surface area contributed by atoms with Gasteiger partial charge in [0.2, 0.25) is 27.8 Å². The standard InChI is InChI=1S/C9H19B2N3O4/c1-2-18-9(17)14(5-3-7(15)12-10)6-4-8(16)13-11/h2-6,10-11H2,1H3,(H,12,15)(H,13,16). The van der Waals surface area contributed by atoms with E-state index in [1.807, 2.05) is 0 Å². The van der Waals surface area contributed by atoms with Gasteiger partial charge < -0.3 is 20.1 Å². The number of nitrogens with zero attached hydrogens (tertiary/aromatic N) is 1. The van der Waals surface area contributed by atoms with Crippen molar-refractivity contribution in [3.8, 4) is 0 Å². The summed E-state index contributed by atoms with van der Waals surface area (Å²) in [6, 6.07) is 0. The predicted octanol–water partition coefficient (Wildman–Crippen LogP) is -2.45. The van der Waals surface area contributed by atoms with Crippen molar-refractivity contribution in [2.45, 2.75) is 19.8 Å². The summed E-state index contributed by atoms with van der Waals surface area (Å²) in [5.41, 5.74) is 0. The summed E-state index contributed by atoms with van der Waals surface area (Å²) in [6.45, 7) is 2.42. The Hall–Kier alpha value is -1.66. The lowest BCUT2D eigenvalue weighted by molar-refractivity contribution is -0.119. The van der Waals surface area contributed by atoms with Crippen LogP contribution in [0.5, 0.6) is 0 Å². The summed E-state index contributed by atoms with van der Waals surface area (Å²) in [7, 11) is 3.06. The van der Waals surface area contributed by atoms with Crippen LogP contribution < -0.4 is 10.5 Å². The molecule has 0 radical (unpaired) electrons. The molecule has 2 N–H and O–H groups in total. The summed E-state index contributed by atoms with van der Waals surface area (Å²) in [5, 5.41) is 4.94. The smallest absolute Gasteiger partial charge is 0.409 e. The largest absolute Gasteiger partial charge is 0.450 e. The van der Waals surface area contributed by atoms with Gasteiger partial charge in [0.05, 0.1) is 6.61 Å². The van der Waals surface area contributed by atoms with E-state index in [4.69, 9.17) is 4.74 Å². The van der Waals surface area contributed by atoms with Crippen molar-refractivity contribution in [1.29, 1.82) is 0 Å². The van der Waals surface area contributed by atoms with E-state index in [-0.39, 0.29) is 44.4 Å². The molecule has 0 bridgehead atoms. The first-order chi connectivity index (χ1) is 8.54. The summed E-state index contributed by atoms with van der Waals surface area (Å²) < 4.78 is 4.86. The van der Waals surface area contributed by atoms with E-state index < -0.39 is 6.09 Å². The highest BCUT2D eigenvalue weighted by Crippen LogP contribution is 1.99. The Morgan fingerprint density at radius 1 is 1.06 bits per heavy atom. The third-order valence-corrected chi connectivity index (χ3v) is 2.30. The fourth-order valence-electron chi connectivity index (χ4n) is 1.23. The molecule has 0 aromatic carbocycles. The second-order valence-electron chi connectivity index (χ2n) is 3.53. The lowest BCUT2D eigenvalue weighted by Crippen LogP contribution is -2.37. The van der Waals surface area contributed by atoms with Gasteiger partial charge in [-0.2, -0.15) is 0 Å². The Labute approximate surface area is 108 Å². The lowest BCUT2D eigenvalue weighted by Gasteiger charge is -2.21. The van der Waals surface area contributed by atoms with Crippen LogP contribution in [0.4, 0.5) is 4.79 Å². The average Bonchev–Trinajstić information content (AvgIpc) is 2.37. The summed E-state index contributed by atoms with van der Waals surface area (Å²) in [4.78, 5) is 35.2. The van der Waals surface area contributed by atoms with Crippen molar-refractivity contribution < 1.29 is 19.1 Å². The minimum absolute atomic E-state index is 0.163. The van der Waals surface area contributed by atoms with Crippen molar-refractivity contribution >= 4 is 33.9 Å². The number of hydrogen-bond acceptors (Lipinski definition) is 4. The summed E-state index contributed by atoms with van der Waals surface area (Å²) in [6.07, 6.45) is -0.142. The molecular weight excluding hydrogens is 236 g/mol. The van der Waals surface area contributed by atoms with Gasteiger partial charge in [-0.15, -0.1) is 0 Å². The number of rotatable bonds is 7. The molecule has 0 saturated carbocycles. The molecule has 0 spiro atoms. The maximum Gasteiger partial charge on any atom is 0.409 e. The number of ether oxygens (including phenoxy) is 1. The van der Waals surface area contributed by atoms with Gasteiger partial charge in [0, 0.05) is 25.9 Å². The van der Waals surface area contributed by atoms with Crippen LogP contribution >= 0.6 is 0 Å². The van der Waals surface area contributed by atoms with Gasteiger partial charge in [-0.1, -0.05) is 0 Å². The Bertz CT molecular complexity index is 282. The van der Waals surface area contributed by atoms with E-state index in [0.29, 0.717) is 0 Å². The van der Waals surface area contributed by atoms with E-state index in [0.717, 1.165) is 0 Å². The molecule has 0 unspecified atom stereocenters. The minimum Gasteiger partial charge on any atom is -0.450 e. The van der Waals surface area contributed by atoms with Gasteiger partial charge in [0.25, 0.3) is 0 Å². The highest BCUT2D eigenvalue weighted by atomic mass is 16.6. The molecule has 0 aliphatic rings. The Kier molecular flexibility index (Phi) is 8.51. The second kappa shape index (κ2) is 9.38. The van der Waals surface area contributed by atoms with Crippen LogP contribution in [0, 0.1) is 0 Å². The fourth-order valence-corrected chi connectivity index (χ4v) is 1.23. The zero-order chi connectivity index (χ0) is 14.0. The van der Waals surface area contributed by atoms with Crippen LogP contribution in [0.3, 0.4) is 0 Å². The lowest BCUT2D eigenvalue weighted by atomic mass is 10.3. The van der Waals surface area contributed by atoms with E-state index in [1.165, 1.54) is 20.9 Å². The zero-order valence-corrected chi connectivity index (χ0v) is 11.1. The van der Waals surface area contributed by atoms with Crippen molar-refractivity contribution in [1.82, 2.24) is 15.4 Å². The molecule has 7 nitrogen and oxygen atoms in total. The third kappa shape index (κ3) is 6.82. The van der Waals surface area contributed by atoms with Crippen LogP contribution in [0.15, 0.2) is 0 Å². The highest BCUT2D eigenvalue weighted by Gasteiger charge is 2.16. The number of amides is 3. The maximum atomic E-state index is 11.6. The van der Waals surface area contributed by atoms with E-state index in [9.17, 15) is 14.4 Å². The van der Waals surface area contributed by atoms with Crippen LogP contribution in [0.1, 0.15) is 19.8 Å². The Morgan fingerprint density at radius 3 is 1.83 bits per heavy atom. The van der Waals surface area contributed by atoms with Gasteiger partial charge in [0.1, 0.15) is 0 Å². The maximum absolute atomic E-state index is 11.6. The molecule has 100 valence electrons. The summed E-state index contributed by atoms with van der Waals surface area (Å²) >= 11 is 0. The number of nitrogens with one attached hydrogen (secondary N) is 2. The summed E-state index contributed by atoms with van der Waals surface area (Å²) in [5.74, 6) is -0.325. The first kappa shape index (κ1) is 16.3. The van der Waals surface area contributed by atoms with Crippen LogP contribution in [0.2, 0.25) is 0 Å². The SMILES string of the molecule is BNC(=O)CCN(CCC(=O)NB)C(=O)OCC. The normalized spacial score (nSPS) is 9.39. The fraction of sp³-hybridized carbons (Fsp3) is 0.667. The molecule has 0 aliphatic heterocycles. The highest BCUT2D eigenvalue weighted by molar-refractivity contribution is 6.14. The number of carbonyl (C=O) groups excluding carboxylic acids is 3. The molecule has 0 atom stereocenters. The first-order valence-corrected chi connectivity index (χ1v) is 5.88. The van der Waals surface area contributed by atoms with E-state index in [2.05, 4.69) is 10.5 Å². The molecular formula is C9H19B2N3O4. The topological polar surface area (TPSA) is 87.7 Å². The molecule has 3 amide bonds. The molecule has 0 saturated heterocycles. The van der Waals surface area contributed by atoms with Gasteiger partial charge >= 0.3 is 6.09 Å². The second-order valence-corrected chi connectivity index (χ2v) is 3.53. The number of hydrogen-bond donors (Lipinski definition) is 2. The van der Waals surface area contributed by atoms with Crippen LogP contribution in [0.25, 0.3) is 0 Å². The van der Waals surface area contributed by atoms with Gasteiger partial charge in [-0.05, 0) is 6.92 Å². The molecule has 9 heteroatoms. The molecule has 0 aromatic heterocycles. The van der Waals surface area contributed by atoms with Crippen LogP contribution in [-0.2, 0) is 14.3 Å².